The second-order valence-electron chi connectivity index (χ2n) is 8.91. The minimum Gasteiger partial charge on any atom is -0.492 e. The predicted octanol–water partition coefficient (Wildman–Crippen LogP) is 5.12. The maximum absolute atomic E-state index is 12.1. The van der Waals surface area contributed by atoms with Crippen LogP contribution in [0, 0.1) is 5.41 Å². The summed E-state index contributed by atoms with van der Waals surface area (Å²) in [5.74, 6) is 1.31. The van der Waals surface area contributed by atoms with E-state index >= 15 is 0 Å². The van der Waals surface area contributed by atoms with E-state index < -0.39 is 0 Å². The molecular formula is C27H31ClN6O2S. The fourth-order valence-electron chi connectivity index (χ4n) is 4.48. The van der Waals surface area contributed by atoms with Crippen LogP contribution in [0.4, 0.5) is 11.6 Å². The van der Waals surface area contributed by atoms with Gasteiger partial charge in [-0.3, -0.25) is 10.2 Å². The van der Waals surface area contributed by atoms with Gasteiger partial charge >= 0.3 is 0 Å². The number of likely N-dealkylation sites (tertiary alicyclic amines) is 1. The molecule has 194 valence electrons. The molecule has 4 rings (SSSR count). The van der Waals surface area contributed by atoms with Gasteiger partial charge in [-0.25, -0.2) is 9.97 Å². The van der Waals surface area contributed by atoms with Crippen molar-refractivity contribution in [2.45, 2.75) is 43.2 Å². The molecule has 0 bridgehead atoms. The summed E-state index contributed by atoms with van der Waals surface area (Å²) in [6.07, 6.45) is 9.41. The fourth-order valence-corrected chi connectivity index (χ4v) is 5.24. The lowest BCUT2D eigenvalue weighted by Gasteiger charge is -2.33. The van der Waals surface area contributed by atoms with Crippen molar-refractivity contribution in [2.24, 2.45) is 0 Å². The van der Waals surface area contributed by atoms with E-state index in [4.69, 9.17) is 27.5 Å². The van der Waals surface area contributed by atoms with Gasteiger partial charge < -0.3 is 20.7 Å². The number of halogens is 1. The number of amides is 1. The van der Waals surface area contributed by atoms with Gasteiger partial charge in [0.05, 0.1) is 16.3 Å². The molecule has 1 unspecified atom stereocenters. The summed E-state index contributed by atoms with van der Waals surface area (Å²) >= 11 is 8.27. The van der Waals surface area contributed by atoms with Crippen LogP contribution in [-0.2, 0) is 16.1 Å². The van der Waals surface area contributed by atoms with Gasteiger partial charge in [-0.05, 0) is 60.9 Å². The summed E-state index contributed by atoms with van der Waals surface area (Å²) in [4.78, 5) is 23.5. The van der Waals surface area contributed by atoms with Crippen molar-refractivity contribution in [3.05, 3.63) is 76.8 Å². The molecule has 2 heterocycles. The third kappa shape index (κ3) is 6.53. The lowest BCUT2D eigenvalue weighted by molar-refractivity contribution is -0.127. The number of hydrogen-bond donors (Lipinski definition) is 3. The van der Waals surface area contributed by atoms with Crippen molar-refractivity contribution < 1.29 is 9.53 Å². The Morgan fingerprint density at radius 2 is 2.24 bits per heavy atom. The summed E-state index contributed by atoms with van der Waals surface area (Å²) in [5, 5.41) is 12.8. The summed E-state index contributed by atoms with van der Waals surface area (Å²) < 4.78 is 6.02. The highest BCUT2D eigenvalue weighted by Gasteiger charge is 2.26. The van der Waals surface area contributed by atoms with Gasteiger partial charge in [0.15, 0.2) is 0 Å². The van der Waals surface area contributed by atoms with Crippen LogP contribution >= 0.6 is 23.4 Å². The summed E-state index contributed by atoms with van der Waals surface area (Å²) in [7, 11) is 0. The number of nitrogens with one attached hydrogen (secondary N) is 2. The number of allylic oxidation sites excluding steroid dienone is 4. The SMILES string of the molecule is C=CC(=O)N1CCCC(Nc2ncnc(N)c2C(=N)C2=CC(Cl)=C(OCc3cccc(SC)c3)CC2)C1. The van der Waals surface area contributed by atoms with Gasteiger partial charge in [0.1, 0.15) is 30.3 Å². The second-order valence-corrected chi connectivity index (χ2v) is 10.2. The zero-order valence-corrected chi connectivity index (χ0v) is 22.4. The molecule has 1 amide bonds. The highest BCUT2D eigenvalue weighted by atomic mass is 35.5. The van der Waals surface area contributed by atoms with Crippen LogP contribution in [-0.4, -0.2) is 51.9 Å². The van der Waals surface area contributed by atoms with E-state index in [0.717, 1.165) is 24.0 Å². The Hall–Kier alpha value is -3.30. The number of piperidine rings is 1. The Kier molecular flexibility index (Phi) is 8.89. The molecule has 1 fully saturated rings. The van der Waals surface area contributed by atoms with E-state index in [2.05, 4.69) is 34.0 Å². The number of nitrogen functional groups attached to an aromatic ring is 1. The number of ether oxygens (including phenoxy) is 1. The summed E-state index contributed by atoms with van der Waals surface area (Å²) in [6.45, 7) is 5.24. The number of carbonyl (C=O) groups is 1. The van der Waals surface area contributed by atoms with Crippen molar-refractivity contribution in [1.29, 1.82) is 5.41 Å². The van der Waals surface area contributed by atoms with Gasteiger partial charge in [-0.15, -0.1) is 11.8 Å². The molecule has 0 radical (unpaired) electrons. The van der Waals surface area contributed by atoms with E-state index in [1.807, 2.05) is 18.4 Å². The van der Waals surface area contributed by atoms with Crippen molar-refractivity contribution in [2.75, 3.05) is 30.4 Å². The Morgan fingerprint density at radius 3 is 3.00 bits per heavy atom. The van der Waals surface area contributed by atoms with Crippen LogP contribution in [0.1, 0.15) is 36.8 Å². The van der Waals surface area contributed by atoms with Crippen LogP contribution in [0.15, 0.2) is 70.6 Å². The number of nitrogens with zero attached hydrogens (tertiary/aromatic N) is 3. The number of benzene rings is 1. The van der Waals surface area contributed by atoms with Crippen LogP contribution in [0.5, 0.6) is 0 Å². The van der Waals surface area contributed by atoms with Crippen LogP contribution in [0.25, 0.3) is 0 Å². The van der Waals surface area contributed by atoms with E-state index in [-0.39, 0.29) is 23.5 Å². The third-order valence-corrected chi connectivity index (χ3v) is 7.48. The minimum atomic E-state index is -0.0922. The average Bonchev–Trinajstić information content (AvgIpc) is 2.92. The molecule has 1 saturated heterocycles. The monoisotopic (exact) mass is 538 g/mol. The van der Waals surface area contributed by atoms with Gasteiger partial charge in [-0.1, -0.05) is 30.3 Å². The molecular weight excluding hydrogens is 508 g/mol. The quantitative estimate of drug-likeness (QED) is 0.230. The first-order valence-electron chi connectivity index (χ1n) is 12.1. The smallest absolute Gasteiger partial charge is 0.246 e. The van der Waals surface area contributed by atoms with Crippen molar-refractivity contribution >= 4 is 46.6 Å². The zero-order chi connectivity index (χ0) is 26.4. The molecule has 2 aromatic rings. The number of anilines is 2. The topological polar surface area (TPSA) is 117 Å². The third-order valence-electron chi connectivity index (χ3n) is 6.43. The highest BCUT2D eigenvalue weighted by molar-refractivity contribution is 7.98. The summed E-state index contributed by atoms with van der Waals surface area (Å²) in [6, 6.07) is 8.19. The molecule has 1 aliphatic carbocycles. The van der Waals surface area contributed by atoms with Crippen LogP contribution in [0.2, 0.25) is 0 Å². The molecule has 8 nitrogen and oxygen atoms in total. The van der Waals surface area contributed by atoms with Gasteiger partial charge in [-0.2, -0.15) is 0 Å². The zero-order valence-electron chi connectivity index (χ0n) is 20.8. The number of hydrogen-bond acceptors (Lipinski definition) is 8. The lowest BCUT2D eigenvalue weighted by Crippen LogP contribution is -2.44. The van der Waals surface area contributed by atoms with E-state index in [9.17, 15) is 4.79 Å². The fraction of sp³-hybridized carbons (Fsp3) is 0.333. The number of thioether (sulfide) groups is 1. The molecule has 2 aliphatic rings. The predicted molar refractivity (Wildman–Crippen MR) is 150 cm³/mol. The molecule has 1 aliphatic heterocycles. The Labute approximate surface area is 226 Å². The molecule has 1 atom stereocenters. The Morgan fingerprint density at radius 1 is 1.41 bits per heavy atom. The van der Waals surface area contributed by atoms with Gasteiger partial charge in [0, 0.05) is 30.4 Å². The molecule has 1 aromatic carbocycles. The normalized spacial score (nSPS) is 17.7. The highest BCUT2D eigenvalue weighted by Crippen LogP contribution is 2.32. The minimum absolute atomic E-state index is 0.0214. The maximum atomic E-state index is 12.1. The maximum Gasteiger partial charge on any atom is 0.246 e. The van der Waals surface area contributed by atoms with Gasteiger partial charge in [0.25, 0.3) is 0 Å². The number of rotatable bonds is 9. The molecule has 10 heteroatoms. The Bertz CT molecular complexity index is 1260. The van der Waals surface area contributed by atoms with Crippen molar-refractivity contribution in [1.82, 2.24) is 14.9 Å². The van der Waals surface area contributed by atoms with Crippen molar-refractivity contribution in [3.8, 4) is 0 Å². The van der Waals surface area contributed by atoms with E-state index in [1.54, 1.807) is 22.7 Å². The molecule has 4 N–H and O–H groups in total. The van der Waals surface area contributed by atoms with E-state index in [1.165, 1.54) is 17.3 Å². The number of aromatic nitrogens is 2. The second kappa shape index (κ2) is 12.3. The summed E-state index contributed by atoms with van der Waals surface area (Å²) in [5.41, 5.74) is 8.69. The average molecular weight is 539 g/mol. The Balaban J connectivity index is 1.49. The van der Waals surface area contributed by atoms with Crippen LogP contribution in [0.3, 0.4) is 0 Å². The molecule has 37 heavy (non-hydrogen) atoms. The van der Waals surface area contributed by atoms with Crippen molar-refractivity contribution in [3.63, 3.8) is 0 Å². The first-order valence-corrected chi connectivity index (χ1v) is 13.7. The number of nitrogens with two attached hydrogens (primary N) is 1. The van der Waals surface area contributed by atoms with Crippen LogP contribution < -0.4 is 11.1 Å². The molecule has 0 saturated carbocycles. The molecule has 1 aromatic heterocycles. The lowest BCUT2D eigenvalue weighted by atomic mass is 9.94. The largest absolute Gasteiger partial charge is 0.492 e. The van der Waals surface area contributed by atoms with E-state index in [0.29, 0.717) is 54.7 Å². The first-order chi connectivity index (χ1) is 17.9. The standard InChI is InChI=1S/C27H31ClN6O2S/c1-3-23(35)34-11-5-7-19(14-34)33-27-24(26(30)31-16-32-27)25(29)18-9-10-22(21(28)13-18)36-15-17-6-4-8-20(12-17)37-2/h3-4,6,8,12-13,16,19,29H,1,5,7,9-11,14-15H2,2H3,(H3,30,31,32,33). The first kappa shape index (κ1) is 26.8. The van der Waals surface area contributed by atoms with Gasteiger partial charge in [0.2, 0.25) is 5.91 Å². The molecule has 0 spiro atoms. The number of carbonyl (C=O) groups excluding carboxylic acids is 1.